The number of rotatable bonds is 4. The molecule has 5 rings (SSSR count). The summed E-state index contributed by atoms with van der Waals surface area (Å²) in [4.78, 5) is 38.7. The molecule has 1 aromatic rings. The lowest BCUT2D eigenvalue weighted by molar-refractivity contribution is -0.365. The minimum Gasteiger partial charge on any atom is -0.455 e. The molecule has 1 aliphatic heterocycles. The van der Waals surface area contributed by atoms with Crippen molar-refractivity contribution in [1.82, 2.24) is 0 Å². The highest BCUT2D eigenvalue weighted by molar-refractivity contribution is 5.89. The van der Waals surface area contributed by atoms with Crippen molar-refractivity contribution in [2.45, 2.75) is 102 Å². The van der Waals surface area contributed by atoms with E-state index in [9.17, 15) is 34.8 Å². The van der Waals surface area contributed by atoms with Crippen LogP contribution in [0.4, 0.5) is 0 Å². The Morgan fingerprint density at radius 1 is 0.976 bits per heavy atom. The smallest absolute Gasteiger partial charge is 0.338 e. The molecule has 42 heavy (non-hydrogen) atoms. The molecule has 0 spiro atoms. The normalized spacial score (nSPS) is 42.1. The van der Waals surface area contributed by atoms with Crippen molar-refractivity contribution < 1.29 is 53.8 Å². The number of aliphatic hydroxyl groups excluding tert-OH is 3. The average molecular weight is 589 g/mol. The molecule has 3 aliphatic carbocycles. The largest absolute Gasteiger partial charge is 0.455 e. The van der Waals surface area contributed by atoms with Crippen LogP contribution in [0.5, 0.6) is 0 Å². The van der Waals surface area contributed by atoms with E-state index in [0.29, 0.717) is 5.57 Å². The summed E-state index contributed by atoms with van der Waals surface area (Å²) in [5, 5.41) is 48.2. The van der Waals surface area contributed by atoms with Gasteiger partial charge in [-0.25, -0.2) is 4.79 Å². The van der Waals surface area contributed by atoms with Crippen LogP contribution in [0.1, 0.15) is 64.7 Å². The van der Waals surface area contributed by atoms with Gasteiger partial charge in [-0.1, -0.05) is 39.0 Å². The molecule has 0 aromatic heterocycles. The van der Waals surface area contributed by atoms with Crippen LogP contribution < -0.4 is 0 Å². The molecule has 2 saturated carbocycles. The highest BCUT2D eigenvalue weighted by Gasteiger charge is 2.78. The second kappa shape index (κ2) is 10.1. The summed E-state index contributed by atoms with van der Waals surface area (Å²) >= 11 is 0. The van der Waals surface area contributed by atoms with Crippen LogP contribution in [0.15, 0.2) is 41.5 Å². The molecule has 4 aliphatic rings. The first-order valence-electron chi connectivity index (χ1n) is 14.2. The molecular formula is C31H40O11. The van der Waals surface area contributed by atoms with Crippen LogP contribution >= 0.6 is 0 Å². The molecule has 10 atom stereocenters. The maximum Gasteiger partial charge on any atom is 0.338 e. The van der Waals surface area contributed by atoms with Crippen molar-refractivity contribution in [3.63, 3.8) is 0 Å². The molecule has 0 radical (unpaired) electrons. The van der Waals surface area contributed by atoms with Gasteiger partial charge in [0, 0.05) is 37.5 Å². The monoisotopic (exact) mass is 588 g/mol. The Morgan fingerprint density at radius 2 is 1.62 bits per heavy atom. The fourth-order valence-corrected chi connectivity index (χ4v) is 8.15. The van der Waals surface area contributed by atoms with Crippen molar-refractivity contribution in [2.24, 2.45) is 16.7 Å². The zero-order chi connectivity index (χ0) is 31.0. The van der Waals surface area contributed by atoms with Gasteiger partial charge in [-0.05, 0) is 30.2 Å². The van der Waals surface area contributed by atoms with Gasteiger partial charge in [0.25, 0.3) is 0 Å². The Kier molecular flexibility index (Phi) is 7.38. The van der Waals surface area contributed by atoms with Gasteiger partial charge in [0.1, 0.15) is 23.9 Å². The van der Waals surface area contributed by atoms with E-state index >= 15 is 0 Å². The van der Waals surface area contributed by atoms with E-state index in [-0.39, 0.29) is 30.6 Å². The summed E-state index contributed by atoms with van der Waals surface area (Å²) < 4.78 is 23.7. The number of hydrogen-bond donors (Lipinski definition) is 4. The Balaban J connectivity index is 1.83. The van der Waals surface area contributed by atoms with Gasteiger partial charge in [-0.15, -0.1) is 0 Å². The van der Waals surface area contributed by atoms with E-state index in [0.717, 1.165) is 0 Å². The molecule has 3 fully saturated rings. The topological polar surface area (TPSA) is 169 Å². The van der Waals surface area contributed by atoms with Crippen LogP contribution in [0.3, 0.4) is 0 Å². The zero-order valence-corrected chi connectivity index (χ0v) is 24.7. The molecule has 0 unspecified atom stereocenters. The van der Waals surface area contributed by atoms with Gasteiger partial charge < -0.3 is 39.4 Å². The molecule has 2 bridgehead atoms. The number of esters is 3. The van der Waals surface area contributed by atoms with E-state index in [2.05, 4.69) is 0 Å². The summed E-state index contributed by atoms with van der Waals surface area (Å²) in [5.74, 6) is -3.46. The number of hydrogen-bond acceptors (Lipinski definition) is 11. The number of carbonyl (C=O) groups excluding carboxylic acids is 3. The Labute approximate surface area is 244 Å². The van der Waals surface area contributed by atoms with E-state index in [4.69, 9.17) is 18.9 Å². The predicted molar refractivity (Wildman–Crippen MR) is 146 cm³/mol. The molecule has 11 nitrogen and oxygen atoms in total. The van der Waals surface area contributed by atoms with Crippen molar-refractivity contribution in [3.8, 4) is 0 Å². The standard InChI is InChI=1S/C31H40O11/c1-15-19(34)13-31(38)26(41-27(37)18-10-8-7-9-11-18)24-29(6,20(35)12-21-30(24,14-39-21)42-17(3)33)25(36)23(40-16(2)32)22(15)28(31,4)5/h7-11,19-21,23-26,34-36,38H,12-14H2,1-6H3/t19-,20-,21+,23+,24-,25+,26-,29+,30-,31+/m0/s1. The quantitative estimate of drug-likeness (QED) is 0.228. The second-order valence-corrected chi connectivity index (χ2v) is 13.0. The fourth-order valence-electron chi connectivity index (χ4n) is 8.15. The maximum absolute atomic E-state index is 13.7. The summed E-state index contributed by atoms with van der Waals surface area (Å²) in [7, 11) is 0. The highest BCUT2D eigenvalue weighted by atomic mass is 16.6. The third kappa shape index (κ3) is 4.16. The molecule has 230 valence electrons. The molecule has 1 heterocycles. The summed E-state index contributed by atoms with van der Waals surface area (Å²) in [5.41, 5.74) is -5.84. The first-order valence-corrected chi connectivity index (χ1v) is 14.2. The third-order valence-electron chi connectivity index (χ3n) is 10.4. The van der Waals surface area contributed by atoms with E-state index in [1.807, 2.05) is 0 Å². The van der Waals surface area contributed by atoms with Crippen LogP contribution in [0.2, 0.25) is 0 Å². The van der Waals surface area contributed by atoms with Crippen molar-refractivity contribution in [3.05, 3.63) is 47.0 Å². The first kappa shape index (κ1) is 30.6. The Bertz CT molecular complexity index is 1310. The summed E-state index contributed by atoms with van der Waals surface area (Å²) in [6.07, 6.45) is -8.39. The molecule has 11 heteroatoms. The Hall–Kier alpha value is -2.83. The molecule has 1 saturated heterocycles. The van der Waals surface area contributed by atoms with Crippen molar-refractivity contribution in [1.29, 1.82) is 0 Å². The molecule has 4 N–H and O–H groups in total. The van der Waals surface area contributed by atoms with Crippen LogP contribution in [0.25, 0.3) is 0 Å². The average Bonchev–Trinajstić information content (AvgIpc) is 2.90. The van der Waals surface area contributed by atoms with Gasteiger partial charge in [-0.2, -0.15) is 0 Å². The fraction of sp³-hybridized carbons (Fsp3) is 0.645. The number of carbonyl (C=O) groups is 3. The summed E-state index contributed by atoms with van der Waals surface area (Å²) in [6.45, 7) is 8.75. The van der Waals surface area contributed by atoms with E-state index < -0.39 is 82.5 Å². The number of benzene rings is 1. The van der Waals surface area contributed by atoms with E-state index in [1.165, 1.54) is 13.8 Å². The van der Waals surface area contributed by atoms with Crippen LogP contribution in [0, 0.1) is 16.7 Å². The predicted octanol–water partition coefficient (Wildman–Crippen LogP) is 1.44. The third-order valence-corrected chi connectivity index (χ3v) is 10.4. The molecule has 0 amide bonds. The van der Waals surface area contributed by atoms with Gasteiger partial charge in [0.2, 0.25) is 0 Å². The lowest BCUT2D eigenvalue weighted by Gasteiger charge is -2.69. The summed E-state index contributed by atoms with van der Waals surface area (Å²) in [6, 6.07) is 8.12. The van der Waals surface area contributed by atoms with Gasteiger partial charge in [0.05, 0.1) is 30.3 Å². The zero-order valence-electron chi connectivity index (χ0n) is 24.7. The maximum atomic E-state index is 13.7. The lowest BCUT2D eigenvalue weighted by Crippen LogP contribution is -2.82. The molecular weight excluding hydrogens is 548 g/mol. The number of aliphatic hydroxyl groups is 4. The second-order valence-electron chi connectivity index (χ2n) is 13.0. The van der Waals surface area contributed by atoms with Crippen molar-refractivity contribution >= 4 is 17.9 Å². The number of fused-ring (bicyclic) bond motifs is 5. The van der Waals surface area contributed by atoms with Gasteiger partial charge in [0.15, 0.2) is 11.7 Å². The van der Waals surface area contributed by atoms with Gasteiger partial charge >= 0.3 is 17.9 Å². The minimum absolute atomic E-state index is 0.0496. The number of ether oxygens (including phenoxy) is 4. The van der Waals surface area contributed by atoms with Gasteiger partial charge in [-0.3, -0.25) is 9.59 Å². The minimum atomic E-state index is -2.07. The first-order chi connectivity index (χ1) is 19.5. The van der Waals surface area contributed by atoms with Crippen LogP contribution in [-0.4, -0.2) is 92.8 Å². The SMILES string of the molecule is CC(=O)O[C@@H]1C2=C(C)[C@@H](O)C[C@@](O)([C@@H](OC(=O)c3ccccc3)[C@@H]3[C@]4(OC(C)=O)CO[C@@H]4C[C@H](O)[C@@]3(C)[C@@H]1O)C2(C)C. The highest BCUT2D eigenvalue weighted by Crippen LogP contribution is 2.65. The van der Waals surface area contributed by atoms with E-state index in [1.54, 1.807) is 58.0 Å². The van der Waals surface area contributed by atoms with Crippen molar-refractivity contribution in [2.75, 3.05) is 6.61 Å². The Morgan fingerprint density at radius 3 is 2.17 bits per heavy atom. The molecule has 1 aromatic carbocycles. The lowest BCUT2D eigenvalue weighted by atomic mass is 9.44. The van der Waals surface area contributed by atoms with Crippen LogP contribution in [-0.2, 0) is 28.5 Å².